The molecule has 13 heavy (non-hydrogen) atoms. The number of nitrogens with zero attached hydrogens (tertiary/aromatic N) is 2. The Morgan fingerprint density at radius 3 is 2.92 bits per heavy atom. The molecule has 1 aromatic heterocycles. The first-order valence-electron chi connectivity index (χ1n) is 4.10. The van der Waals surface area contributed by atoms with Crippen LogP contribution in [0.2, 0.25) is 5.02 Å². The van der Waals surface area contributed by atoms with E-state index in [-0.39, 0.29) is 22.3 Å². The molecule has 1 rings (SSSR count). The van der Waals surface area contributed by atoms with Gasteiger partial charge in [-0.15, -0.1) is 0 Å². The van der Waals surface area contributed by atoms with E-state index >= 15 is 0 Å². The SMILES string of the molecule is CCC(C)n1ncc(N)c(Cl)c1=O. The van der Waals surface area contributed by atoms with Crippen LogP contribution < -0.4 is 11.3 Å². The third kappa shape index (κ3) is 1.83. The quantitative estimate of drug-likeness (QED) is 0.788. The van der Waals surface area contributed by atoms with Crippen LogP contribution in [0.5, 0.6) is 0 Å². The highest BCUT2D eigenvalue weighted by Crippen LogP contribution is 2.12. The van der Waals surface area contributed by atoms with Gasteiger partial charge in [-0.2, -0.15) is 5.10 Å². The van der Waals surface area contributed by atoms with Crippen molar-refractivity contribution in [3.8, 4) is 0 Å². The molecule has 0 spiro atoms. The molecule has 0 fully saturated rings. The van der Waals surface area contributed by atoms with E-state index in [1.807, 2.05) is 13.8 Å². The van der Waals surface area contributed by atoms with E-state index < -0.39 is 0 Å². The van der Waals surface area contributed by atoms with Gasteiger partial charge in [0.2, 0.25) is 0 Å². The van der Waals surface area contributed by atoms with E-state index in [0.29, 0.717) is 0 Å². The minimum Gasteiger partial charge on any atom is -0.396 e. The molecule has 0 bridgehead atoms. The molecule has 1 heterocycles. The Morgan fingerprint density at radius 1 is 1.77 bits per heavy atom. The normalized spacial score (nSPS) is 12.8. The number of hydrogen-bond acceptors (Lipinski definition) is 3. The Morgan fingerprint density at radius 2 is 2.38 bits per heavy atom. The summed E-state index contributed by atoms with van der Waals surface area (Å²) >= 11 is 5.69. The standard InChI is InChI=1S/C8H12ClN3O/c1-3-5(2)12-8(13)7(9)6(10)4-11-12/h4-5H,3,10H2,1-2H3. The van der Waals surface area contributed by atoms with Crippen molar-refractivity contribution in [1.29, 1.82) is 0 Å². The molecule has 0 saturated carbocycles. The molecular weight excluding hydrogens is 190 g/mol. The topological polar surface area (TPSA) is 60.9 Å². The van der Waals surface area contributed by atoms with E-state index in [2.05, 4.69) is 5.10 Å². The van der Waals surface area contributed by atoms with Gasteiger partial charge in [-0.25, -0.2) is 4.68 Å². The Labute approximate surface area is 81.3 Å². The molecule has 4 nitrogen and oxygen atoms in total. The van der Waals surface area contributed by atoms with Crippen LogP contribution in [0.4, 0.5) is 5.69 Å². The van der Waals surface area contributed by atoms with Crippen LogP contribution in [0.3, 0.4) is 0 Å². The minimum absolute atomic E-state index is 0.0469. The van der Waals surface area contributed by atoms with E-state index in [0.717, 1.165) is 6.42 Å². The monoisotopic (exact) mass is 201 g/mol. The van der Waals surface area contributed by atoms with Gasteiger partial charge in [0.05, 0.1) is 17.9 Å². The zero-order valence-electron chi connectivity index (χ0n) is 7.62. The molecule has 0 aliphatic heterocycles. The Balaban J connectivity index is 3.26. The Kier molecular flexibility index (Phi) is 2.93. The number of rotatable bonds is 2. The zero-order chi connectivity index (χ0) is 10.0. The molecule has 0 aliphatic rings. The van der Waals surface area contributed by atoms with Gasteiger partial charge in [-0.1, -0.05) is 18.5 Å². The third-order valence-corrected chi connectivity index (χ3v) is 2.36. The molecule has 1 aromatic rings. The molecular formula is C8H12ClN3O. The van der Waals surface area contributed by atoms with Crippen molar-refractivity contribution in [2.75, 3.05) is 5.73 Å². The van der Waals surface area contributed by atoms with Crippen molar-refractivity contribution in [3.05, 3.63) is 21.6 Å². The lowest BCUT2D eigenvalue weighted by atomic mass is 10.3. The lowest BCUT2D eigenvalue weighted by molar-refractivity contribution is 0.455. The summed E-state index contributed by atoms with van der Waals surface area (Å²) in [6.07, 6.45) is 2.23. The number of aromatic nitrogens is 2. The van der Waals surface area contributed by atoms with Crippen LogP contribution in [0, 0.1) is 0 Å². The van der Waals surface area contributed by atoms with Crippen LogP contribution in [-0.2, 0) is 0 Å². The van der Waals surface area contributed by atoms with Crippen LogP contribution in [0.25, 0.3) is 0 Å². The zero-order valence-corrected chi connectivity index (χ0v) is 8.38. The van der Waals surface area contributed by atoms with Gasteiger partial charge in [-0.05, 0) is 13.3 Å². The Hall–Kier alpha value is -1.03. The van der Waals surface area contributed by atoms with Gasteiger partial charge in [0.25, 0.3) is 5.56 Å². The maximum Gasteiger partial charge on any atom is 0.287 e. The second-order valence-corrected chi connectivity index (χ2v) is 3.30. The Bertz CT molecular complexity index is 361. The van der Waals surface area contributed by atoms with Crippen molar-refractivity contribution in [2.24, 2.45) is 0 Å². The fourth-order valence-electron chi connectivity index (χ4n) is 0.944. The van der Waals surface area contributed by atoms with Crippen molar-refractivity contribution in [2.45, 2.75) is 26.3 Å². The van der Waals surface area contributed by atoms with E-state index in [1.54, 1.807) is 0 Å². The number of halogens is 1. The molecule has 0 aromatic carbocycles. The summed E-state index contributed by atoms with van der Waals surface area (Å²) in [5.74, 6) is 0. The number of nitrogens with two attached hydrogens (primary N) is 1. The van der Waals surface area contributed by atoms with E-state index in [9.17, 15) is 4.79 Å². The maximum absolute atomic E-state index is 11.5. The summed E-state index contributed by atoms with van der Waals surface area (Å²) in [7, 11) is 0. The summed E-state index contributed by atoms with van der Waals surface area (Å²) in [4.78, 5) is 11.5. The average molecular weight is 202 g/mol. The van der Waals surface area contributed by atoms with Crippen LogP contribution in [0.15, 0.2) is 11.0 Å². The van der Waals surface area contributed by atoms with E-state index in [1.165, 1.54) is 10.9 Å². The molecule has 0 aliphatic carbocycles. The lowest BCUT2D eigenvalue weighted by Gasteiger charge is -2.11. The first-order chi connectivity index (χ1) is 6.07. The first-order valence-corrected chi connectivity index (χ1v) is 4.48. The van der Waals surface area contributed by atoms with Crippen molar-refractivity contribution in [1.82, 2.24) is 9.78 Å². The summed E-state index contributed by atoms with van der Waals surface area (Å²) in [5, 5.41) is 3.96. The summed E-state index contributed by atoms with van der Waals surface area (Å²) < 4.78 is 1.35. The number of nitrogen functional groups attached to an aromatic ring is 1. The van der Waals surface area contributed by atoms with E-state index in [4.69, 9.17) is 17.3 Å². The molecule has 72 valence electrons. The molecule has 0 saturated heterocycles. The minimum atomic E-state index is -0.323. The molecule has 0 radical (unpaired) electrons. The second-order valence-electron chi connectivity index (χ2n) is 2.92. The molecule has 5 heteroatoms. The molecule has 1 unspecified atom stereocenters. The van der Waals surface area contributed by atoms with Crippen LogP contribution in [-0.4, -0.2) is 9.78 Å². The fraction of sp³-hybridized carbons (Fsp3) is 0.500. The van der Waals surface area contributed by atoms with Crippen LogP contribution in [0.1, 0.15) is 26.3 Å². The summed E-state index contributed by atoms with van der Waals surface area (Å²) in [5.41, 5.74) is 5.33. The van der Waals surface area contributed by atoms with Crippen molar-refractivity contribution in [3.63, 3.8) is 0 Å². The molecule has 1 atom stereocenters. The average Bonchev–Trinajstić information content (AvgIpc) is 2.13. The van der Waals surface area contributed by atoms with Crippen molar-refractivity contribution >= 4 is 17.3 Å². The maximum atomic E-state index is 11.5. The highest BCUT2D eigenvalue weighted by atomic mass is 35.5. The number of anilines is 1. The first kappa shape index (κ1) is 10.1. The lowest BCUT2D eigenvalue weighted by Crippen LogP contribution is -2.26. The smallest absolute Gasteiger partial charge is 0.287 e. The summed E-state index contributed by atoms with van der Waals surface area (Å²) in [6, 6.07) is 0.0469. The van der Waals surface area contributed by atoms with Gasteiger partial charge in [-0.3, -0.25) is 4.79 Å². The second kappa shape index (κ2) is 3.79. The van der Waals surface area contributed by atoms with Gasteiger partial charge in [0.1, 0.15) is 5.02 Å². The fourth-order valence-corrected chi connectivity index (χ4v) is 1.08. The van der Waals surface area contributed by atoms with Gasteiger partial charge in [0.15, 0.2) is 0 Å². The molecule has 2 N–H and O–H groups in total. The van der Waals surface area contributed by atoms with Crippen LogP contribution >= 0.6 is 11.6 Å². The predicted octanol–water partition coefficient (Wildman–Crippen LogP) is 1.45. The summed E-state index contributed by atoms with van der Waals surface area (Å²) in [6.45, 7) is 3.88. The van der Waals surface area contributed by atoms with Gasteiger partial charge >= 0.3 is 0 Å². The number of hydrogen-bond donors (Lipinski definition) is 1. The predicted molar refractivity (Wildman–Crippen MR) is 52.9 cm³/mol. The van der Waals surface area contributed by atoms with Crippen molar-refractivity contribution < 1.29 is 0 Å². The highest BCUT2D eigenvalue weighted by Gasteiger charge is 2.10. The van der Waals surface area contributed by atoms with Gasteiger partial charge in [0, 0.05) is 0 Å². The largest absolute Gasteiger partial charge is 0.396 e. The van der Waals surface area contributed by atoms with Gasteiger partial charge < -0.3 is 5.73 Å². The highest BCUT2D eigenvalue weighted by molar-refractivity contribution is 6.32. The third-order valence-electron chi connectivity index (χ3n) is 1.98. The molecule has 0 amide bonds.